The van der Waals surface area contributed by atoms with Crippen LogP contribution in [0.15, 0.2) is 16.7 Å². The Morgan fingerprint density at radius 3 is 2.70 bits per heavy atom. The molecule has 0 bridgehead atoms. The lowest BCUT2D eigenvalue weighted by Gasteiger charge is -2.24. The maximum absolute atomic E-state index is 11.9. The van der Waals surface area contributed by atoms with Crippen molar-refractivity contribution in [3.8, 4) is 0 Å². The van der Waals surface area contributed by atoms with E-state index in [2.05, 4.69) is 24.2 Å². The molecule has 1 atom stereocenters. The summed E-state index contributed by atoms with van der Waals surface area (Å²) in [6, 6.07) is 2.74. The summed E-state index contributed by atoms with van der Waals surface area (Å²) in [6.45, 7) is 3.09. The Kier molecular flexibility index (Phi) is 8.20. The highest BCUT2D eigenvalue weighted by atomic mass is 35.5. The van der Waals surface area contributed by atoms with E-state index in [1.54, 1.807) is 6.07 Å². The van der Waals surface area contributed by atoms with Crippen LogP contribution in [0.25, 0.3) is 0 Å². The van der Waals surface area contributed by atoms with Crippen molar-refractivity contribution in [1.82, 2.24) is 10.2 Å². The van der Waals surface area contributed by atoms with Crippen LogP contribution in [0.3, 0.4) is 0 Å². The molecule has 1 aliphatic carbocycles. The van der Waals surface area contributed by atoms with Crippen molar-refractivity contribution < 1.29 is 9.21 Å². The van der Waals surface area contributed by atoms with Gasteiger partial charge in [0.15, 0.2) is 0 Å². The van der Waals surface area contributed by atoms with Crippen molar-refractivity contribution >= 4 is 30.7 Å². The number of nitrogens with two attached hydrogens (primary N) is 1. The van der Waals surface area contributed by atoms with Crippen LogP contribution < -0.4 is 11.1 Å². The topological polar surface area (TPSA) is 71.5 Å². The minimum absolute atomic E-state index is 0. The second kappa shape index (κ2) is 8.52. The molecule has 0 spiro atoms. The quantitative estimate of drug-likeness (QED) is 0.837. The van der Waals surface area contributed by atoms with Gasteiger partial charge in [-0.25, -0.2) is 0 Å². The Labute approximate surface area is 132 Å². The number of carbonyl (C=O) groups is 1. The molecule has 3 N–H and O–H groups in total. The Morgan fingerprint density at radius 2 is 2.20 bits per heavy atom. The fourth-order valence-corrected chi connectivity index (χ4v) is 1.93. The Bertz CT molecular complexity index is 422. The van der Waals surface area contributed by atoms with Gasteiger partial charge in [0.05, 0.1) is 12.1 Å². The number of halogens is 2. The third kappa shape index (κ3) is 4.98. The van der Waals surface area contributed by atoms with Crippen molar-refractivity contribution in [3.05, 3.63) is 23.7 Å². The molecule has 7 heteroatoms. The monoisotopic (exact) mass is 323 g/mol. The summed E-state index contributed by atoms with van der Waals surface area (Å²) in [4.78, 5) is 14.2. The number of likely N-dealkylation sites (N-methyl/N-ethyl adjacent to an activating group) is 1. The van der Waals surface area contributed by atoms with Crippen molar-refractivity contribution in [3.63, 3.8) is 0 Å². The van der Waals surface area contributed by atoms with Crippen LogP contribution in [-0.2, 0) is 6.54 Å². The predicted molar refractivity (Wildman–Crippen MR) is 83.7 cm³/mol. The second-order valence-electron chi connectivity index (χ2n) is 4.96. The first-order valence-corrected chi connectivity index (χ1v) is 6.39. The standard InChI is InChI=1S/C13H21N3O2.2ClH/c1-9(16(2)11-3-4-11)7-15-13(17)10-5-12(6-14)18-8-10;;/h5,8-9,11H,3-4,6-7,14H2,1-2H3,(H,15,17);2*1H. The number of nitrogens with one attached hydrogen (secondary N) is 1. The summed E-state index contributed by atoms with van der Waals surface area (Å²) < 4.78 is 5.14. The molecule has 1 amide bonds. The second-order valence-corrected chi connectivity index (χ2v) is 4.96. The molecule has 1 aromatic heterocycles. The molecule has 0 saturated heterocycles. The van der Waals surface area contributed by atoms with Gasteiger partial charge in [-0.15, -0.1) is 24.8 Å². The van der Waals surface area contributed by atoms with E-state index < -0.39 is 0 Å². The first-order valence-electron chi connectivity index (χ1n) is 6.39. The lowest BCUT2D eigenvalue weighted by Crippen LogP contribution is -2.41. The number of carbonyl (C=O) groups excluding carboxylic acids is 1. The van der Waals surface area contributed by atoms with E-state index in [0.29, 0.717) is 36.5 Å². The highest BCUT2D eigenvalue weighted by molar-refractivity contribution is 5.93. The maximum Gasteiger partial charge on any atom is 0.254 e. The summed E-state index contributed by atoms with van der Waals surface area (Å²) in [7, 11) is 2.11. The van der Waals surface area contributed by atoms with E-state index in [1.807, 2.05) is 0 Å². The van der Waals surface area contributed by atoms with Gasteiger partial charge in [0, 0.05) is 18.6 Å². The molecule has 1 aromatic rings. The van der Waals surface area contributed by atoms with Crippen LogP contribution >= 0.6 is 24.8 Å². The van der Waals surface area contributed by atoms with Crippen LogP contribution in [0.2, 0.25) is 0 Å². The fourth-order valence-electron chi connectivity index (χ4n) is 1.93. The van der Waals surface area contributed by atoms with Gasteiger partial charge in [-0.05, 0) is 32.9 Å². The van der Waals surface area contributed by atoms with E-state index in [1.165, 1.54) is 19.1 Å². The lowest BCUT2D eigenvalue weighted by atomic mass is 10.2. The minimum Gasteiger partial charge on any atom is -0.467 e. The van der Waals surface area contributed by atoms with Gasteiger partial charge in [-0.3, -0.25) is 9.69 Å². The molecule has 0 radical (unpaired) electrons. The summed E-state index contributed by atoms with van der Waals surface area (Å²) in [5.41, 5.74) is 5.97. The first kappa shape index (κ1) is 19.2. The van der Waals surface area contributed by atoms with E-state index in [9.17, 15) is 4.79 Å². The van der Waals surface area contributed by atoms with Crippen LogP contribution in [0.4, 0.5) is 0 Å². The predicted octanol–water partition coefficient (Wildman–Crippen LogP) is 1.79. The summed E-state index contributed by atoms with van der Waals surface area (Å²) in [5.74, 6) is 0.526. The third-order valence-electron chi connectivity index (χ3n) is 3.49. The number of amides is 1. The van der Waals surface area contributed by atoms with Gasteiger partial charge >= 0.3 is 0 Å². The molecule has 0 aromatic carbocycles. The van der Waals surface area contributed by atoms with Gasteiger partial charge in [-0.1, -0.05) is 0 Å². The van der Waals surface area contributed by atoms with Gasteiger partial charge in [-0.2, -0.15) is 0 Å². The van der Waals surface area contributed by atoms with E-state index >= 15 is 0 Å². The van der Waals surface area contributed by atoms with Crippen LogP contribution in [0, 0.1) is 0 Å². The molecular weight excluding hydrogens is 301 g/mol. The van der Waals surface area contributed by atoms with Gasteiger partial charge in [0.2, 0.25) is 0 Å². The number of nitrogens with zero attached hydrogens (tertiary/aromatic N) is 1. The fraction of sp³-hybridized carbons (Fsp3) is 0.615. The molecule has 2 rings (SSSR count). The largest absolute Gasteiger partial charge is 0.467 e. The zero-order valence-electron chi connectivity index (χ0n) is 11.8. The van der Waals surface area contributed by atoms with E-state index in [0.717, 1.165) is 0 Å². The molecule has 5 nitrogen and oxygen atoms in total. The lowest BCUT2D eigenvalue weighted by molar-refractivity contribution is 0.0939. The molecule has 1 unspecified atom stereocenters. The molecule has 116 valence electrons. The molecule has 20 heavy (non-hydrogen) atoms. The highest BCUT2D eigenvalue weighted by Crippen LogP contribution is 2.26. The van der Waals surface area contributed by atoms with Crippen molar-refractivity contribution in [2.45, 2.75) is 38.4 Å². The van der Waals surface area contributed by atoms with Crippen molar-refractivity contribution in [2.75, 3.05) is 13.6 Å². The maximum atomic E-state index is 11.9. The molecule has 1 aliphatic rings. The molecule has 1 saturated carbocycles. The third-order valence-corrected chi connectivity index (χ3v) is 3.49. The van der Waals surface area contributed by atoms with E-state index in [-0.39, 0.29) is 30.7 Å². The number of hydrogen-bond donors (Lipinski definition) is 2. The summed E-state index contributed by atoms with van der Waals surface area (Å²) in [5, 5.41) is 2.92. The zero-order chi connectivity index (χ0) is 13.1. The first-order chi connectivity index (χ1) is 8.61. The number of furan rings is 1. The van der Waals surface area contributed by atoms with Gasteiger partial charge in [0.1, 0.15) is 12.0 Å². The molecule has 1 heterocycles. The van der Waals surface area contributed by atoms with E-state index in [4.69, 9.17) is 10.2 Å². The Balaban J connectivity index is 0.00000180. The van der Waals surface area contributed by atoms with Crippen LogP contribution in [-0.4, -0.2) is 36.5 Å². The highest BCUT2D eigenvalue weighted by Gasteiger charge is 2.29. The Morgan fingerprint density at radius 1 is 1.55 bits per heavy atom. The van der Waals surface area contributed by atoms with Crippen molar-refractivity contribution in [1.29, 1.82) is 0 Å². The minimum atomic E-state index is -0.102. The Hall–Kier alpha value is -0.750. The number of hydrogen-bond acceptors (Lipinski definition) is 4. The number of rotatable bonds is 6. The van der Waals surface area contributed by atoms with Crippen LogP contribution in [0.5, 0.6) is 0 Å². The molecular formula is C13H23Cl2N3O2. The molecule has 1 fully saturated rings. The molecule has 0 aliphatic heterocycles. The van der Waals surface area contributed by atoms with Gasteiger partial charge < -0.3 is 15.5 Å². The average Bonchev–Trinajstić information content (AvgIpc) is 3.12. The summed E-state index contributed by atoms with van der Waals surface area (Å²) >= 11 is 0. The smallest absolute Gasteiger partial charge is 0.254 e. The summed E-state index contributed by atoms with van der Waals surface area (Å²) in [6.07, 6.45) is 4.00. The SMILES string of the molecule is CC(CNC(=O)c1coc(CN)c1)N(C)C1CC1.Cl.Cl. The normalized spacial score (nSPS) is 15.2. The van der Waals surface area contributed by atoms with Crippen molar-refractivity contribution in [2.24, 2.45) is 5.73 Å². The van der Waals surface area contributed by atoms with Crippen LogP contribution in [0.1, 0.15) is 35.9 Å². The average molecular weight is 324 g/mol. The zero-order valence-corrected chi connectivity index (χ0v) is 13.4. The van der Waals surface area contributed by atoms with Gasteiger partial charge in [0.25, 0.3) is 5.91 Å².